The van der Waals surface area contributed by atoms with Gasteiger partial charge in [0.05, 0.1) is 36.4 Å². The first kappa shape index (κ1) is 16.0. The van der Waals surface area contributed by atoms with Gasteiger partial charge in [0, 0.05) is 22.7 Å². The fourth-order valence-corrected chi connectivity index (χ4v) is 3.25. The number of carbonyl (C=O) groups is 1. The van der Waals surface area contributed by atoms with Crippen molar-refractivity contribution in [2.45, 2.75) is 19.9 Å². The molecule has 1 aliphatic rings. The lowest BCUT2D eigenvalue weighted by molar-refractivity contribution is 0.255. The summed E-state index contributed by atoms with van der Waals surface area (Å²) in [5, 5.41) is 11.5. The van der Waals surface area contributed by atoms with Crippen LogP contribution in [0, 0.1) is 25.2 Å². The van der Waals surface area contributed by atoms with E-state index in [0.29, 0.717) is 17.9 Å². The average Bonchev–Trinajstić information content (AvgIpc) is 3.00. The molecule has 6 heteroatoms. The van der Waals surface area contributed by atoms with Crippen molar-refractivity contribution in [1.29, 1.82) is 5.26 Å². The summed E-state index contributed by atoms with van der Waals surface area (Å²) in [5.41, 5.74) is 3.29. The molecule has 3 aromatic rings. The van der Waals surface area contributed by atoms with Gasteiger partial charge in [-0.2, -0.15) is 5.26 Å². The molecule has 0 spiro atoms. The maximum absolute atomic E-state index is 13.2. The molecule has 1 saturated heterocycles. The molecule has 0 saturated carbocycles. The topological polar surface area (TPSA) is 73.1 Å². The van der Waals surface area contributed by atoms with E-state index in [2.05, 4.69) is 16.0 Å². The van der Waals surface area contributed by atoms with E-state index in [9.17, 15) is 10.1 Å². The second-order valence-corrected chi connectivity index (χ2v) is 6.38. The van der Waals surface area contributed by atoms with E-state index in [1.165, 1.54) is 4.90 Å². The van der Waals surface area contributed by atoms with E-state index in [0.717, 1.165) is 22.0 Å². The van der Waals surface area contributed by atoms with Crippen LogP contribution in [0.1, 0.15) is 11.3 Å². The second-order valence-electron chi connectivity index (χ2n) is 6.38. The Morgan fingerprint density at radius 2 is 2.00 bits per heavy atom. The molecule has 128 valence electrons. The van der Waals surface area contributed by atoms with Crippen molar-refractivity contribution in [1.82, 2.24) is 9.97 Å². The van der Waals surface area contributed by atoms with E-state index in [4.69, 9.17) is 0 Å². The van der Waals surface area contributed by atoms with Crippen LogP contribution in [0.3, 0.4) is 0 Å². The van der Waals surface area contributed by atoms with Crippen LogP contribution in [-0.4, -0.2) is 28.6 Å². The summed E-state index contributed by atoms with van der Waals surface area (Å²) < 4.78 is 0. The van der Waals surface area contributed by atoms with E-state index in [1.807, 2.05) is 44.2 Å². The van der Waals surface area contributed by atoms with E-state index in [-0.39, 0.29) is 6.03 Å². The zero-order chi connectivity index (χ0) is 18.3. The molecule has 2 aromatic heterocycles. The summed E-state index contributed by atoms with van der Waals surface area (Å²) >= 11 is 0. The molecule has 6 nitrogen and oxygen atoms in total. The maximum atomic E-state index is 13.2. The van der Waals surface area contributed by atoms with Gasteiger partial charge in [-0.15, -0.1) is 0 Å². The van der Waals surface area contributed by atoms with Gasteiger partial charge in [-0.05, 0) is 25.5 Å². The lowest BCUT2D eigenvalue weighted by Crippen LogP contribution is -2.34. The summed E-state index contributed by atoms with van der Waals surface area (Å²) in [6.07, 6.45) is 5.08. The Labute approximate surface area is 151 Å². The number of carbonyl (C=O) groups excluding carboxylic acids is 1. The molecule has 0 aliphatic carbocycles. The minimum Gasteiger partial charge on any atom is -0.289 e. The molecule has 1 unspecified atom stereocenters. The molecule has 2 amide bonds. The Balaban J connectivity index is 1.80. The SMILES string of the molecule is Cc1cc(N2CC(C#N)N(c3cncc4ccccc34)C2=O)cnc1C. The summed E-state index contributed by atoms with van der Waals surface area (Å²) in [6.45, 7) is 4.18. The van der Waals surface area contributed by atoms with Crippen LogP contribution in [-0.2, 0) is 0 Å². The Hall–Kier alpha value is -3.46. The van der Waals surface area contributed by atoms with Crippen molar-refractivity contribution >= 4 is 28.2 Å². The highest BCUT2D eigenvalue weighted by atomic mass is 16.2. The van der Waals surface area contributed by atoms with E-state index >= 15 is 0 Å². The zero-order valence-electron chi connectivity index (χ0n) is 14.5. The van der Waals surface area contributed by atoms with Crippen LogP contribution in [0.4, 0.5) is 16.2 Å². The van der Waals surface area contributed by atoms with Crippen molar-refractivity contribution < 1.29 is 4.79 Å². The number of benzene rings is 1. The Kier molecular flexibility index (Phi) is 3.77. The standard InChI is InChI=1S/C20H17N5O/c1-13-7-16(10-23-14(13)2)24-12-17(8-21)25(20(24)26)19-11-22-9-15-5-3-4-6-18(15)19/h3-7,9-11,17H,12H2,1-2H3. The minimum absolute atomic E-state index is 0.236. The Bertz CT molecular complexity index is 1050. The van der Waals surface area contributed by atoms with Crippen LogP contribution in [0.5, 0.6) is 0 Å². The molecule has 0 radical (unpaired) electrons. The quantitative estimate of drug-likeness (QED) is 0.713. The highest BCUT2D eigenvalue weighted by Crippen LogP contribution is 2.33. The van der Waals surface area contributed by atoms with Crippen molar-refractivity contribution in [3.63, 3.8) is 0 Å². The van der Waals surface area contributed by atoms with E-state index < -0.39 is 6.04 Å². The van der Waals surface area contributed by atoms with Gasteiger partial charge < -0.3 is 0 Å². The number of pyridine rings is 2. The number of amides is 2. The predicted molar refractivity (Wildman–Crippen MR) is 100 cm³/mol. The van der Waals surface area contributed by atoms with Crippen molar-refractivity contribution in [3.05, 3.63) is 60.2 Å². The first-order valence-corrected chi connectivity index (χ1v) is 8.36. The number of nitriles is 1. The van der Waals surface area contributed by atoms with Gasteiger partial charge >= 0.3 is 6.03 Å². The number of nitrogens with zero attached hydrogens (tertiary/aromatic N) is 5. The van der Waals surface area contributed by atoms with Gasteiger partial charge in [0.1, 0.15) is 6.04 Å². The largest absolute Gasteiger partial charge is 0.330 e. The molecular formula is C20H17N5O. The number of anilines is 2. The summed E-state index contributed by atoms with van der Waals surface area (Å²) in [7, 11) is 0. The minimum atomic E-state index is -0.586. The number of aromatic nitrogens is 2. The van der Waals surface area contributed by atoms with E-state index in [1.54, 1.807) is 23.5 Å². The van der Waals surface area contributed by atoms with Crippen molar-refractivity contribution in [2.75, 3.05) is 16.3 Å². The molecular weight excluding hydrogens is 326 g/mol. The first-order valence-electron chi connectivity index (χ1n) is 8.36. The normalized spacial score (nSPS) is 17.0. The van der Waals surface area contributed by atoms with Crippen LogP contribution in [0.15, 0.2) is 48.9 Å². The van der Waals surface area contributed by atoms with Gasteiger partial charge in [0.2, 0.25) is 0 Å². The molecule has 1 fully saturated rings. The number of hydrogen-bond donors (Lipinski definition) is 0. The fourth-order valence-electron chi connectivity index (χ4n) is 3.25. The average molecular weight is 343 g/mol. The maximum Gasteiger partial charge on any atom is 0.330 e. The van der Waals surface area contributed by atoms with Gasteiger partial charge in [0.25, 0.3) is 0 Å². The molecule has 0 bridgehead atoms. The molecule has 4 rings (SSSR count). The highest BCUT2D eigenvalue weighted by molar-refractivity contribution is 6.11. The monoisotopic (exact) mass is 343 g/mol. The van der Waals surface area contributed by atoms with Crippen molar-refractivity contribution in [3.8, 4) is 6.07 Å². The molecule has 3 heterocycles. The van der Waals surface area contributed by atoms with Crippen LogP contribution in [0.2, 0.25) is 0 Å². The number of aryl methyl sites for hydroxylation is 2. The molecule has 1 aliphatic heterocycles. The fraction of sp³-hybridized carbons (Fsp3) is 0.200. The highest BCUT2D eigenvalue weighted by Gasteiger charge is 2.40. The third-order valence-corrected chi connectivity index (χ3v) is 4.80. The Morgan fingerprint density at radius 3 is 2.77 bits per heavy atom. The summed E-state index contributed by atoms with van der Waals surface area (Å²) in [4.78, 5) is 24.9. The smallest absolute Gasteiger partial charge is 0.289 e. The molecule has 26 heavy (non-hydrogen) atoms. The first-order chi connectivity index (χ1) is 12.6. The molecule has 1 aromatic carbocycles. The third-order valence-electron chi connectivity index (χ3n) is 4.80. The van der Waals surface area contributed by atoms with Crippen LogP contribution < -0.4 is 9.80 Å². The number of hydrogen-bond acceptors (Lipinski definition) is 4. The van der Waals surface area contributed by atoms with Crippen LogP contribution in [0.25, 0.3) is 10.8 Å². The Morgan fingerprint density at radius 1 is 1.19 bits per heavy atom. The zero-order valence-corrected chi connectivity index (χ0v) is 14.5. The van der Waals surface area contributed by atoms with Gasteiger partial charge in [-0.3, -0.25) is 19.8 Å². The lowest BCUT2D eigenvalue weighted by atomic mass is 10.1. The van der Waals surface area contributed by atoms with Crippen LogP contribution >= 0.6 is 0 Å². The lowest BCUT2D eigenvalue weighted by Gasteiger charge is -2.21. The predicted octanol–water partition coefficient (Wildman–Crippen LogP) is 3.59. The number of rotatable bonds is 2. The number of urea groups is 1. The molecule has 0 N–H and O–H groups in total. The van der Waals surface area contributed by atoms with Crippen molar-refractivity contribution in [2.24, 2.45) is 0 Å². The third kappa shape index (κ3) is 2.45. The van der Waals surface area contributed by atoms with Gasteiger partial charge in [-0.1, -0.05) is 24.3 Å². The van der Waals surface area contributed by atoms with Gasteiger partial charge in [-0.25, -0.2) is 4.79 Å². The molecule has 1 atom stereocenters. The summed E-state index contributed by atoms with van der Waals surface area (Å²) in [6, 6.07) is 11.1. The second kappa shape index (κ2) is 6.12. The summed E-state index contributed by atoms with van der Waals surface area (Å²) in [5.74, 6) is 0. The number of fused-ring (bicyclic) bond motifs is 1. The van der Waals surface area contributed by atoms with Gasteiger partial charge in [0.15, 0.2) is 0 Å².